The van der Waals surface area contributed by atoms with Gasteiger partial charge in [0.05, 0.1) is 12.1 Å². The van der Waals surface area contributed by atoms with Crippen LogP contribution in [0.25, 0.3) is 10.4 Å². The summed E-state index contributed by atoms with van der Waals surface area (Å²) in [5.74, 6) is 0. The van der Waals surface area contributed by atoms with E-state index in [0.29, 0.717) is 5.56 Å². The summed E-state index contributed by atoms with van der Waals surface area (Å²) in [4.78, 5) is 27.7. The van der Waals surface area contributed by atoms with Gasteiger partial charge in [-0.15, -0.1) is 0 Å². The second kappa shape index (κ2) is 5.25. The van der Waals surface area contributed by atoms with E-state index >= 15 is 0 Å². The Balaban J connectivity index is 2.34. The van der Waals surface area contributed by atoms with Gasteiger partial charge >= 0.3 is 5.69 Å². The van der Waals surface area contributed by atoms with E-state index in [0.717, 1.165) is 0 Å². The van der Waals surface area contributed by atoms with Crippen molar-refractivity contribution in [3.8, 4) is 0 Å². The number of aromatic nitrogens is 2. The highest BCUT2D eigenvalue weighted by Crippen LogP contribution is 2.30. The van der Waals surface area contributed by atoms with Crippen LogP contribution in [-0.2, 0) is 4.74 Å². The van der Waals surface area contributed by atoms with Crippen molar-refractivity contribution in [1.82, 2.24) is 9.55 Å². The molecule has 2 rings (SSSR count). The summed E-state index contributed by atoms with van der Waals surface area (Å²) < 4.78 is 19.3. The fraction of sp³-hybridized carbons (Fsp3) is 0.600. The van der Waals surface area contributed by atoms with Gasteiger partial charge in [-0.1, -0.05) is 5.11 Å². The van der Waals surface area contributed by atoms with Gasteiger partial charge < -0.3 is 4.74 Å². The maximum atomic E-state index is 12.8. The number of azide groups is 1. The first kappa shape index (κ1) is 13.3. The minimum atomic E-state index is -0.875. The van der Waals surface area contributed by atoms with Crippen molar-refractivity contribution in [2.75, 3.05) is 6.67 Å². The van der Waals surface area contributed by atoms with E-state index in [1.807, 2.05) is 0 Å². The Morgan fingerprint density at radius 1 is 1.68 bits per heavy atom. The number of aryl methyl sites for hydroxylation is 1. The summed E-state index contributed by atoms with van der Waals surface area (Å²) >= 11 is 0. The Hall–Kier alpha value is -2.12. The lowest BCUT2D eigenvalue weighted by Gasteiger charge is -2.14. The molecule has 0 saturated carbocycles. The molecule has 3 atom stereocenters. The third-order valence-electron chi connectivity index (χ3n) is 3.01. The second-order valence-corrected chi connectivity index (χ2v) is 4.27. The third-order valence-corrected chi connectivity index (χ3v) is 3.01. The number of hydrogen-bond donors (Lipinski definition) is 1. The van der Waals surface area contributed by atoms with Crippen LogP contribution in [0.15, 0.2) is 20.9 Å². The first-order chi connectivity index (χ1) is 9.06. The molecule has 19 heavy (non-hydrogen) atoms. The summed E-state index contributed by atoms with van der Waals surface area (Å²) in [5.41, 5.74) is 7.62. The molecule has 1 aromatic rings. The molecule has 0 aromatic carbocycles. The molecule has 1 N–H and O–H groups in total. The van der Waals surface area contributed by atoms with E-state index in [4.69, 9.17) is 10.3 Å². The molecule has 2 heterocycles. The van der Waals surface area contributed by atoms with Crippen LogP contribution in [0, 0.1) is 6.92 Å². The zero-order valence-electron chi connectivity index (χ0n) is 10.1. The zero-order valence-corrected chi connectivity index (χ0v) is 10.1. The molecule has 102 valence electrons. The van der Waals surface area contributed by atoms with Crippen molar-refractivity contribution in [2.45, 2.75) is 31.7 Å². The smallest absolute Gasteiger partial charge is 0.330 e. The number of ether oxygens (including phenoxy) is 1. The van der Waals surface area contributed by atoms with Gasteiger partial charge in [-0.25, -0.2) is 9.18 Å². The molecule has 9 heteroatoms. The lowest BCUT2D eigenvalue weighted by atomic mass is 10.1. The quantitative estimate of drug-likeness (QED) is 0.497. The molecule has 0 radical (unpaired) electrons. The van der Waals surface area contributed by atoms with Crippen LogP contribution in [0.2, 0.25) is 0 Å². The Labute approximate surface area is 106 Å². The van der Waals surface area contributed by atoms with Gasteiger partial charge in [-0.2, -0.15) is 0 Å². The number of halogens is 1. The minimum absolute atomic E-state index is 0.185. The van der Waals surface area contributed by atoms with Crippen LogP contribution in [0.4, 0.5) is 4.39 Å². The summed E-state index contributed by atoms with van der Waals surface area (Å²) in [7, 11) is 0. The molecule has 1 aliphatic heterocycles. The largest absolute Gasteiger partial charge is 0.351 e. The number of rotatable bonds is 3. The van der Waals surface area contributed by atoms with Crippen LogP contribution in [0.5, 0.6) is 0 Å². The maximum absolute atomic E-state index is 12.8. The van der Waals surface area contributed by atoms with Crippen LogP contribution < -0.4 is 11.2 Å². The lowest BCUT2D eigenvalue weighted by Crippen LogP contribution is -2.33. The second-order valence-electron chi connectivity index (χ2n) is 4.27. The summed E-state index contributed by atoms with van der Waals surface area (Å²) in [6.07, 6.45) is -0.0942. The van der Waals surface area contributed by atoms with Crippen molar-refractivity contribution >= 4 is 0 Å². The third kappa shape index (κ3) is 2.51. The summed E-state index contributed by atoms with van der Waals surface area (Å²) in [6.45, 7) is 0.735. The molecule has 1 fully saturated rings. The van der Waals surface area contributed by atoms with Crippen molar-refractivity contribution in [3.63, 3.8) is 0 Å². The van der Waals surface area contributed by atoms with Crippen molar-refractivity contribution in [1.29, 1.82) is 0 Å². The fourth-order valence-corrected chi connectivity index (χ4v) is 2.01. The predicted octanol–water partition coefficient (Wildman–Crippen LogP) is 0.781. The van der Waals surface area contributed by atoms with E-state index in [9.17, 15) is 14.0 Å². The molecule has 0 bridgehead atoms. The molecule has 0 amide bonds. The van der Waals surface area contributed by atoms with E-state index < -0.39 is 36.3 Å². The molecule has 1 aromatic heterocycles. The van der Waals surface area contributed by atoms with Crippen molar-refractivity contribution in [2.24, 2.45) is 5.11 Å². The van der Waals surface area contributed by atoms with Gasteiger partial charge in [0.2, 0.25) is 0 Å². The monoisotopic (exact) mass is 269 g/mol. The standard InChI is InChI=1S/C10H12FN5O3/c1-5-4-16(10(18)13-9(5)17)8-2-6(14-15-12)7(3-11)19-8/h4,6-8H,2-3H2,1H3,(H,13,17,18)/t6-,7+,8+/m0/s1. The minimum Gasteiger partial charge on any atom is -0.351 e. The number of alkyl halides is 1. The number of aromatic amines is 1. The van der Waals surface area contributed by atoms with Gasteiger partial charge in [0.1, 0.15) is 12.9 Å². The van der Waals surface area contributed by atoms with Crippen LogP contribution in [-0.4, -0.2) is 28.4 Å². The van der Waals surface area contributed by atoms with Crippen molar-refractivity contribution in [3.05, 3.63) is 43.0 Å². The average Bonchev–Trinajstić information content (AvgIpc) is 2.77. The molecule has 0 aliphatic carbocycles. The Kier molecular flexibility index (Phi) is 3.68. The molecule has 1 saturated heterocycles. The number of nitrogens with one attached hydrogen (secondary N) is 1. The summed E-state index contributed by atoms with van der Waals surface area (Å²) in [6, 6.07) is -0.667. The lowest BCUT2D eigenvalue weighted by molar-refractivity contribution is -0.0129. The van der Waals surface area contributed by atoms with E-state index in [1.54, 1.807) is 6.92 Å². The topological polar surface area (TPSA) is 113 Å². The highest BCUT2D eigenvalue weighted by molar-refractivity contribution is 5.02. The average molecular weight is 269 g/mol. The fourth-order valence-electron chi connectivity index (χ4n) is 2.01. The van der Waals surface area contributed by atoms with E-state index in [1.165, 1.54) is 10.8 Å². The Morgan fingerprint density at radius 3 is 3.05 bits per heavy atom. The normalized spacial score (nSPS) is 26.1. The number of H-pyrrole nitrogens is 1. The highest BCUT2D eigenvalue weighted by atomic mass is 19.1. The van der Waals surface area contributed by atoms with Gasteiger partial charge in [0, 0.05) is 23.1 Å². The van der Waals surface area contributed by atoms with Gasteiger partial charge in [0.15, 0.2) is 0 Å². The molecule has 8 nitrogen and oxygen atoms in total. The Bertz CT molecular complexity index is 633. The molecule has 1 aliphatic rings. The SMILES string of the molecule is Cc1cn([C@H]2C[C@H](N=[N+]=[N-])[C@@H](CF)O2)c(=O)[nH]c1=O. The Morgan fingerprint density at radius 2 is 2.42 bits per heavy atom. The predicted molar refractivity (Wildman–Crippen MR) is 63.5 cm³/mol. The maximum Gasteiger partial charge on any atom is 0.330 e. The van der Waals surface area contributed by atoms with E-state index in [2.05, 4.69) is 15.0 Å². The first-order valence-corrected chi connectivity index (χ1v) is 5.64. The number of nitrogens with zero attached hydrogens (tertiary/aromatic N) is 4. The van der Waals surface area contributed by atoms with Crippen LogP contribution in [0.3, 0.4) is 0 Å². The summed E-state index contributed by atoms with van der Waals surface area (Å²) in [5, 5.41) is 3.45. The first-order valence-electron chi connectivity index (χ1n) is 5.64. The molecular weight excluding hydrogens is 257 g/mol. The number of hydrogen-bond acceptors (Lipinski definition) is 4. The zero-order chi connectivity index (χ0) is 14.0. The van der Waals surface area contributed by atoms with E-state index in [-0.39, 0.29) is 6.42 Å². The van der Waals surface area contributed by atoms with Gasteiger partial charge in [-0.05, 0) is 12.5 Å². The molecule has 0 unspecified atom stereocenters. The van der Waals surface area contributed by atoms with Crippen LogP contribution >= 0.6 is 0 Å². The molecule has 0 spiro atoms. The van der Waals surface area contributed by atoms with Gasteiger partial charge in [-0.3, -0.25) is 14.3 Å². The molecular formula is C10H12FN5O3. The van der Waals surface area contributed by atoms with Crippen molar-refractivity contribution < 1.29 is 9.13 Å². The van der Waals surface area contributed by atoms with Gasteiger partial charge in [0.25, 0.3) is 5.56 Å². The van der Waals surface area contributed by atoms with Crippen LogP contribution in [0.1, 0.15) is 18.2 Å². The highest BCUT2D eigenvalue weighted by Gasteiger charge is 2.36.